The molecule has 16 heteroatoms. The first-order valence-corrected chi connectivity index (χ1v) is 13.9. The largest absolute Gasteiger partial charge is 0.573 e. The maximum Gasteiger partial charge on any atom is 0.573 e. The fourth-order valence-electron chi connectivity index (χ4n) is 3.97. The van der Waals surface area contributed by atoms with Crippen LogP contribution in [0.4, 0.5) is 27.8 Å². The molecule has 228 valence electrons. The van der Waals surface area contributed by atoms with Gasteiger partial charge in [0.15, 0.2) is 0 Å². The SMILES string of the molecule is CCC(F)(F)c1ccc(CN)cc1.O=C(O)[C@H]1CN(c2ccncn2)CCN1S(=O)(=O)c1ccc(OC(F)(F)F)cc1. The molecule has 0 bridgehead atoms. The highest BCUT2D eigenvalue weighted by atomic mass is 32.2. The van der Waals surface area contributed by atoms with Crippen LogP contribution in [0.1, 0.15) is 24.5 Å². The number of benzene rings is 2. The van der Waals surface area contributed by atoms with Gasteiger partial charge < -0.3 is 20.5 Å². The van der Waals surface area contributed by atoms with Gasteiger partial charge in [0.25, 0.3) is 5.92 Å². The number of nitrogens with zero attached hydrogens (tertiary/aromatic N) is 4. The Labute approximate surface area is 238 Å². The van der Waals surface area contributed by atoms with Crippen molar-refractivity contribution in [1.82, 2.24) is 14.3 Å². The number of nitrogens with two attached hydrogens (primary N) is 1. The second-order valence-corrected chi connectivity index (χ2v) is 10.9. The Kier molecular flexibility index (Phi) is 10.4. The third-order valence-corrected chi connectivity index (χ3v) is 8.15. The fraction of sp³-hybridized carbons (Fsp3) is 0.346. The van der Waals surface area contributed by atoms with Gasteiger partial charge in [-0.1, -0.05) is 31.2 Å². The van der Waals surface area contributed by atoms with Gasteiger partial charge in [-0.05, 0) is 35.9 Å². The van der Waals surface area contributed by atoms with Crippen molar-refractivity contribution in [3.05, 3.63) is 78.2 Å². The lowest BCUT2D eigenvalue weighted by atomic mass is 10.0. The Bertz CT molecular complexity index is 1430. The maximum atomic E-state index is 13.1. The molecule has 0 unspecified atom stereocenters. The number of carbonyl (C=O) groups is 1. The Balaban J connectivity index is 0.000000312. The number of hydrogen-bond acceptors (Lipinski definition) is 8. The topological polar surface area (TPSA) is 139 Å². The van der Waals surface area contributed by atoms with Crippen molar-refractivity contribution in [2.45, 2.75) is 43.1 Å². The van der Waals surface area contributed by atoms with Crippen molar-refractivity contribution in [2.75, 3.05) is 24.5 Å². The van der Waals surface area contributed by atoms with Gasteiger partial charge in [-0.2, -0.15) is 4.31 Å². The third-order valence-electron chi connectivity index (χ3n) is 6.23. The average Bonchev–Trinajstić information content (AvgIpc) is 2.97. The highest BCUT2D eigenvalue weighted by Crippen LogP contribution is 2.31. The zero-order valence-corrected chi connectivity index (χ0v) is 23.0. The summed E-state index contributed by atoms with van der Waals surface area (Å²) in [7, 11) is -4.27. The minimum Gasteiger partial charge on any atom is -0.480 e. The first-order valence-electron chi connectivity index (χ1n) is 12.5. The van der Waals surface area contributed by atoms with Gasteiger partial charge in [-0.3, -0.25) is 4.79 Å². The van der Waals surface area contributed by atoms with E-state index in [9.17, 15) is 40.3 Å². The Hall–Kier alpha value is -3.89. The van der Waals surface area contributed by atoms with E-state index >= 15 is 0 Å². The third kappa shape index (κ3) is 8.33. The molecule has 2 aromatic carbocycles. The number of anilines is 1. The molecule has 1 aliphatic rings. The van der Waals surface area contributed by atoms with Crippen LogP contribution in [0.2, 0.25) is 0 Å². The summed E-state index contributed by atoms with van der Waals surface area (Å²) in [5.74, 6) is -4.20. The lowest BCUT2D eigenvalue weighted by molar-refractivity contribution is -0.274. The summed E-state index contributed by atoms with van der Waals surface area (Å²) in [6.45, 7) is 1.73. The van der Waals surface area contributed by atoms with Crippen LogP contribution in [-0.4, -0.2) is 65.8 Å². The minimum absolute atomic E-state index is 0.0622. The van der Waals surface area contributed by atoms with E-state index in [-0.39, 0.29) is 36.5 Å². The van der Waals surface area contributed by atoms with E-state index in [4.69, 9.17) is 5.73 Å². The second-order valence-electron chi connectivity index (χ2n) is 8.96. The molecule has 1 aliphatic heterocycles. The molecule has 10 nitrogen and oxygen atoms in total. The van der Waals surface area contributed by atoms with E-state index in [2.05, 4.69) is 14.7 Å². The molecule has 1 aromatic heterocycles. The Morgan fingerprint density at radius 2 is 1.69 bits per heavy atom. The molecule has 3 aromatic rings. The highest BCUT2D eigenvalue weighted by molar-refractivity contribution is 7.89. The van der Waals surface area contributed by atoms with Gasteiger partial charge >= 0.3 is 12.3 Å². The molecule has 0 aliphatic carbocycles. The van der Waals surface area contributed by atoms with E-state index < -0.39 is 40.1 Å². The number of aromatic nitrogens is 2. The van der Waals surface area contributed by atoms with Gasteiger partial charge in [0.2, 0.25) is 10.0 Å². The fourth-order valence-corrected chi connectivity index (χ4v) is 5.54. The minimum atomic E-state index is -4.91. The van der Waals surface area contributed by atoms with Crippen LogP contribution in [-0.2, 0) is 27.3 Å². The molecule has 1 atom stereocenters. The molecular weight excluding hydrogens is 589 g/mol. The van der Waals surface area contributed by atoms with Gasteiger partial charge in [0.1, 0.15) is 23.9 Å². The average molecular weight is 618 g/mol. The molecule has 2 heterocycles. The van der Waals surface area contributed by atoms with Crippen LogP contribution in [0.3, 0.4) is 0 Å². The number of carboxylic acids is 1. The van der Waals surface area contributed by atoms with Crippen LogP contribution in [0.25, 0.3) is 0 Å². The summed E-state index contributed by atoms with van der Waals surface area (Å²) in [6, 6.07) is 9.89. The molecule has 1 fully saturated rings. The number of carboxylic acid groups (broad SMARTS) is 1. The van der Waals surface area contributed by atoms with Crippen molar-refractivity contribution >= 4 is 21.8 Å². The molecule has 4 rings (SSSR count). The lowest BCUT2D eigenvalue weighted by Gasteiger charge is -2.38. The van der Waals surface area contributed by atoms with Crippen molar-refractivity contribution in [3.8, 4) is 5.75 Å². The van der Waals surface area contributed by atoms with E-state index in [0.29, 0.717) is 12.4 Å². The number of halogens is 5. The summed E-state index contributed by atoms with van der Waals surface area (Å²) in [4.78, 5) is 20.8. The number of hydrogen-bond donors (Lipinski definition) is 2. The molecule has 0 amide bonds. The van der Waals surface area contributed by atoms with Crippen LogP contribution >= 0.6 is 0 Å². The van der Waals surface area contributed by atoms with E-state index in [1.165, 1.54) is 31.6 Å². The molecule has 0 spiro atoms. The van der Waals surface area contributed by atoms with Crippen molar-refractivity contribution in [2.24, 2.45) is 5.73 Å². The summed E-state index contributed by atoms with van der Waals surface area (Å²) in [6.07, 6.45) is -2.31. The maximum absolute atomic E-state index is 13.1. The van der Waals surface area contributed by atoms with Crippen LogP contribution in [0.15, 0.2) is 72.0 Å². The number of ether oxygens (including phenoxy) is 1. The van der Waals surface area contributed by atoms with Gasteiger partial charge in [0.05, 0.1) is 4.90 Å². The summed E-state index contributed by atoms with van der Waals surface area (Å²) >= 11 is 0. The molecular formula is C26H28F5N5O5S. The van der Waals surface area contributed by atoms with Gasteiger partial charge in [-0.15, -0.1) is 13.2 Å². The van der Waals surface area contributed by atoms with Crippen LogP contribution in [0.5, 0.6) is 5.75 Å². The monoisotopic (exact) mass is 617 g/mol. The lowest BCUT2D eigenvalue weighted by Crippen LogP contribution is -2.58. The number of sulfonamides is 1. The van der Waals surface area contributed by atoms with Crippen molar-refractivity contribution in [3.63, 3.8) is 0 Å². The van der Waals surface area contributed by atoms with E-state index in [1.54, 1.807) is 23.1 Å². The van der Waals surface area contributed by atoms with Crippen molar-refractivity contribution in [1.29, 1.82) is 0 Å². The number of alkyl halides is 5. The van der Waals surface area contributed by atoms with E-state index in [1.807, 2.05) is 0 Å². The molecule has 3 N–H and O–H groups in total. The summed E-state index contributed by atoms with van der Waals surface area (Å²) in [5, 5.41) is 9.54. The Morgan fingerprint density at radius 3 is 2.19 bits per heavy atom. The Morgan fingerprint density at radius 1 is 1.05 bits per heavy atom. The number of piperazine rings is 1. The zero-order chi connectivity index (χ0) is 31.1. The standard InChI is InChI=1S/C16H15F3N4O5S.C10H13F2N/c17-16(18,19)28-11-1-3-12(4-2-11)29(26,27)23-8-7-22(9-13(23)15(24)25)14-5-6-20-10-21-14;1-2-10(11,12)9-5-3-8(7-13)4-6-9/h1-6,10,13H,7-9H2,(H,24,25);3-6H,2,7,13H2,1H3/t13-;/m1./s1. The van der Waals surface area contributed by atoms with Crippen LogP contribution < -0.4 is 15.4 Å². The molecule has 0 saturated carbocycles. The smallest absolute Gasteiger partial charge is 0.480 e. The predicted molar refractivity (Wildman–Crippen MR) is 141 cm³/mol. The second kappa shape index (κ2) is 13.4. The molecule has 0 radical (unpaired) electrons. The quantitative estimate of drug-likeness (QED) is 0.359. The number of aliphatic carboxylic acids is 1. The molecule has 1 saturated heterocycles. The summed E-state index contributed by atoms with van der Waals surface area (Å²) in [5.41, 5.74) is 6.29. The number of rotatable bonds is 8. The highest BCUT2D eigenvalue weighted by Gasteiger charge is 2.41. The normalized spacial score (nSPS) is 16.4. The first kappa shape index (κ1) is 32.6. The van der Waals surface area contributed by atoms with E-state index in [0.717, 1.165) is 34.1 Å². The van der Waals surface area contributed by atoms with Gasteiger partial charge in [0, 0.05) is 44.4 Å². The van der Waals surface area contributed by atoms with Crippen molar-refractivity contribution < 1.29 is 45.0 Å². The molecule has 42 heavy (non-hydrogen) atoms. The summed E-state index contributed by atoms with van der Waals surface area (Å²) < 4.78 is 93.3. The first-order chi connectivity index (χ1) is 19.7. The van der Waals surface area contributed by atoms with Crippen LogP contribution in [0, 0.1) is 0 Å². The zero-order valence-electron chi connectivity index (χ0n) is 22.2. The van der Waals surface area contributed by atoms with Gasteiger partial charge in [-0.25, -0.2) is 27.2 Å². The predicted octanol–water partition coefficient (Wildman–Crippen LogP) is 3.99.